The summed E-state index contributed by atoms with van der Waals surface area (Å²) in [5.41, 5.74) is 0.228. The highest BCUT2D eigenvalue weighted by Gasteiger charge is 2.37. The van der Waals surface area contributed by atoms with Crippen molar-refractivity contribution in [2.45, 2.75) is 32.1 Å². The van der Waals surface area contributed by atoms with Gasteiger partial charge in [-0.25, -0.2) is 0 Å². The first-order valence-electron chi connectivity index (χ1n) is 7.28. The minimum atomic E-state index is -0.637. The van der Waals surface area contributed by atoms with Crippen LogP contribution >= 0.6 is 11.6 Å². The van der Waals surface area contributed by atoms with Gasteiger partial charge in [-0.15, -0.1) is 11.6 Å². The van der Waals surface area contributed by atoms with Gasteiger partial charge in [0, 0.05) is 5.88 Å². The molecular weight excluding hydrogens is 302 g/mol. The molecule has 0 spiro atoms. The Morgan fingerprint density at radius 1 is 1.14 bits per heavy atom. The number of halogens is 1. The normalized spacial score (nSPS) is 13.4. The summed E-state index contributed by atoms with van der Waals surface area (Å²) in [5, 5.41) is 9.87. The van der Waals surface area contributed by atoms with E-state index < -0.39 is 5.41 Å². The molecule has 0 heterocycles. The van der Waals surface area contributed by atoms with Gasteiger partial charge in [0.2, 0.25) is 5.75 Å². The number of methoxy groups -OCH3 is 3. The second kappa shape index (κ2) is 8.14. The summed E-state index contributed by atoms with van der Waals surface area (Å²) in [4.78, 5) is 0. The van der Waals surface area contributed by atoms with Crippen LogP contribution in [0, 0.1) is 17.2 Å². The van der Waals surface area contributed by atoms with Crippen LogP contribution in [0.15, 0.2) is 12.1 Å². The highest BCUT2D eigenvalue weighted by atomic mass is 35.5. The van der Waals surface area contributed by atoms with Crippen LogP contribution in [0.1, 0.15) is 32.3 Å². The first kappa shape index (κ1) is 18.4. The van der Waals surface area contributed by atoms with Crippen LogP contribution in [0.2, 0.25) is 0 Å². The standard InChI is InChI=1S/C17H24ClNO3/c1-12(2)17(11-19,7-6-8-18)13-9-14(20-3)16(22-5)15(10-13)21-4/h9-10,12H,6-8H2,1-5H3/t17-/m1/s1. The summed E-state index contributed by atoms with van der Waals surface area (Å²) in [5.74, 6) is 2.30. The molecule has 0 fully saturated rings. The van der Waals surface area contributed by atoms with Crippen molar-refractivity contribution in [3.8, 4) is 23.3 Å². The topological polar surface area (TPSA) is 51.5 Å². The SMILES string of the molecule is COc1cc([C@@](C#N)(CCCCl)C(C)C)cc(OC)c1OC. The molecule has 5 heteroatoms. The van der Waals surface area contributed by atoms with E-state index in [2.05, 4.69) is 6.07 Å². The van der Waals surface area contributed by atoms with Gasteiger partial charge >= 0.3 is 0 Å². The van der Waals surface area contributed by atoms with E-state index in [-0.39, 0.29) is 5.92 Å². The maximum atomic E-state index is 9.87. The summed E-state index contributed by atoms with van der Waals surface area (Å²) >= 11 is 5.84. The molecule has 122 valence electrons. The second-order valence-electron chi connectivity index (χ2n) is 5.44. The summed E-state index contributed by atoms with van der Waals surface area (Å²) < 4.78 is 16.2. The van der Waals surface area contributed by atoms with Gasteiger partial charge in [0.25, 0.3) is 0 Å². The van der Waals surface area contributed by atoms with E-state index in [0.717, 1.165) is 12.0 Å². The average molecular weight is 326 g/mol. The molecule has 0 aliphatic heterocycles. The van der Waals surface area contributed by atoms with Gasteiger partial charge in [0.05, 0.1) is 32.8 Å². The number of alkyl halides is 1. The monoisotopic (exact) mass is 325 g/mol. The molecule has 0 aliphatic rings. The van der Waals surface area contributed by atoms with Crippen LogP contribution < -0.4 is 14.2 Å². The maximum absolute atomic E-state index is 9.87. The molecule has 0 unspecified atom stereocenters. The number of nitriles is 1. The Bertz CT molecular complexity index is 514. The van der Waals surface area contributed by atoms with E-state index in [1.807, 2.05) is 26.0 Å². The Morgan fingerprint density at radius 2 is 1.68 bits per heavy atom. The molecule has 1 atom stereocenters. The van der Waals surface area contributed by atoms with Crippen molar-refractivity contribution in [3.05, 3.63) is 17.7 Å². The second-order valence-corrected chi connectivity index (χ2v) is 5.82. The molecule has 1 rings (SSSR count). The summed E-state index contributed by atoms with van der Waals surface area (Å²) in [7, 11) is 4.71. The Labute approximate surface area is 137 Å². The molecule has 0 bridgehead atoms. The zero-order valence-corrected chi connectivity index (χ0v) is 14.7. The zero-order chi connectivity index (χ0) is 16.8. The minimum Gasteiger partial charge on any atom is -0.493 e. The van der Waals surface area contributed by atoms with Gasteiger partial charge < -0.3 is 14.2 Å². The molecule has 0 N–H and O–H groups in total. The molecule has 0 saturated carbocycles. The van der Waals surface area contributed by atoms with E-state index in [4.69, 9.17) is 25.8 Å². The molecule has 4 nitrogen and oxygen atoms in total. The fourth-order valence-corrected chi connectivity index (χ4v) is 2.83. The van der Waals surface area contributed by atoms with Gasteiger partial charge in [-0.05, 0) is 36.5 Å². The van der Waals surface area contributed by atoms with E-state index in [9.17, 15) is 5.26 Å². The molecule has 0 amide bonds. The van der Waals surface area contributed by atoms with Crippen LogP contribution in [-0.2, 0) is 5.41 Å². The Hall–Kier alpha value is -1.60. The maximum Gasteiger partial charge on any atom is 0.203 e. The number of nitrogens with zero attached hydrogens (tertiary/aromatic N) is 1. The lowest BCUT2D eigenvalue weighted by Gasteiger charge is -2.32. The van der Waals surface area contributed by atoms with Crippen molar-refractivity contribution in [2.24, 2.45) is 5.92 Å². The van der Waals surface area contributed by atoms with Gasteiger partial charge in [0.15, 0.2) is 11.5 Å². The molecule has 0 radical (unpaired) electrons. The number of ether oxygens (including phenoxy) is 3. The van der Waals surface area contributed by atoms with E-state index in [0.29, 0.717) is 29.5 Å². The molecule has 0 saturated heterocycles. The summed E-state index contributed by atoms with van der Waals surface area (Å²) in [6.07, 6.45) is 1.45. The highest BCUT2D eigenvalue weighted by Crippen LogP contribution is 2.45. The smallest absolute Gasteiger partial charge is 0.203 e. The van der Waals surface area contributed by atoms with Crippen molar-refractivity contribution in [1.82, 2.24) is 0 Å². The van der Waals surface area contributed by atoms with Crippen molar-refractivity contribution >= 4 is 11.6 Å². The molecule has 0 aliphatic carbocycles. The third-order valence-electron chi connectivity index (χ3n) is 4.07. The average Bonchev–Trinajstić information content (AvgIpc) is 2.54. The van der Waals surface area contributed by atoms with Gasteiger partial charge in [-0.1, -0.05) is 13.8 Å². The fraction of sp³-hybridized carbons (Fsp3) is 0.588. The lowest BCUT2D eigenvalue weighted by molar-refractivity contribution is 0.317. The molecule has 0 aromatic heterocycles. The predicted octanol–water partition coefficient (Wildman–Crippen LogP) is 4.15. The van der Waals surface area contributed by atoms with Crippen molar-refractivity contribution in [2.75, 3.05) is 27.2 Å². The van der Waals surface area contributed by atoms with Crippen molar-refractivity contribution in [1.29, 1.82) is 5.26 Å². The predicted molar refractivity (Wildman–Crippen MR) is 88.2 cm³/mol. The summed E-state index contributed by atoms with van der Waals surface area (Å²) in [6, 6.07) is 6.22. The summed E-state index contributed by atoms with van der Waals surface area (Å²) in [6.45, 7) is 4.08. The molecule has 1 aromatic carbocycles. The molecular formula is C17H24ClNO3. The van der Waals surface area contributed by atoms with Crippen LogP contribution in [0.3, 0.4) is 0 Å². The zero-order valence-electron chi connectivity index (χ0n) is 13.9. The minimum absolute atomic E-state index is 0.128. The number of hydrogen-bond donors (Lipinski definition) is 0. The highest BCUT2D eigenvalue weighted by molar-refractivity contribution is 6.17. The third kappa shape index (κ3) is 3.41. The number of benzene rings is 1. The lowest BCUT2D eigenvalue weighted by atomic mass is 9.70. The molecule has 22 heavy (non-hydrogen) atoms. The van der Waals surface area contributed by atoms with E-state index >= 15 is 0 Å². The number of hydrogen-bond acceptors (Lipinski definition) is 4. The number of rotatable bonds is 8. The van der Waals surface area contributed by atoms with E-state index in [1.165, 1.54) is 0 Å². The van der Waals surface area contributed by atoms with Crippen LogP contribution in [0.25, 0.3) is 0 Å². The first-order chi connectivity index (χ1) is 10.5. The van der Waals surface area contributed by atoms with E-state index in [1.54, 1.807) is 21.3 Å². The first-order valence-corrected chi connectivity index (χ1v) is 7.81. The van der Waals surface area contributed by atoms with Crippen LogP contribution in [0.5, 0.6) is 17.2 Å². The molecule has 1 aromatic rings. The quantitative estimate of drug-likeness (QED) is 0.674. The third-order valence-corrected chi connectivity index (χ3v) is 4.34. The van der Waals surface area contributed by atoms with Gasteiger partial charge in [-0.2, -0.15) is 5.26 Å². The Balaban J connectivity index is 3.52. The van der Waals surface area contributed by atoms with Gasteiger partial charge in [-0.3, -0.25) is 0 Å². The largest absolute Gasteiger partial charge is 0.493 e. The Morgan fingerprint density at radius 3 is 2.00 bits per heavy atom. The lowest BCUT2D eigenvalue weighted by Crippen LogP contribution is -2.31. The van der Waals surface area contributed by atoms with Crippen molar-refractivity contribution < 1.29 is 14.2 Å². The Kier molecular flexibility index (Phi) is 6.83. The van der Waals surface area contributed by atoms with Crippen LogP contribution in [0.4, 0.5) is 0 Å². The van der Waals surface area contributed by atoms with Gasteiger partial charge in [0.1, 0.15) is 0 Å². The van der Waals surface area contributed by atoms with Crippen LogP contribution in [-0.4, -0.2) is 27.2 Å². The fourth-order valence-electron chi connectivity index (χ4n) is 2.70. The van der Waals surface area contributed by atoms with Crippen molar-refractivity contribution in [3.63, 3.8) is 0 Å².